The molecule has 0 aromatic heterocycles. The maximum Gasteiger partial charge on any atom is 0.335 e. The first-order valence-corrected chi connectivity index (χ1v) is 10.2. The molecule has 0 saturated heterocycles. The van der Waals surface area contributed by atoms with Crippen molar-refractivity contribution in [2.24, 2.45) is 0 Å². The molecule has 0 aliphatic rings. The molecule has 0 aliphatic heterocycles. The Labute approximate surface area is 164 Å². The molecule has 152 valence electrons. The summed E-state index contributed by atoms with van der Waals surface area (Å²) in [6.07, 6.45) is 0. The van der Waals surface area contributed by atoms with Crippen LogP contribution in [-0.2, 0) is 10.0 Å². The van der Waals surface area contributed by atoms with Crippen molar-refractivity contribution in [2.45, 2.75) is 11.8 Å². The molecule has 2 aromatic rings. The third-order valence-corrected chi connectivity index (χ3v) is 5.50. The van der Waals surface area contributed by atoms with Gasteiger partial charge in [-0.1, -0.05) is 6.07 Å². The van der Waals surface area contributed by atoms with Crippen LogP contribution in [0, 0.1) is 5.82 Å². The Hall–Kier alpha value is -2.65. The number of hydrogen-bond acceptors (Lipinski definition) is 5. The van der Waals surface area contributed by atoms with Crippen molar-refractivity contribution < 1.29 is 22.7 Å². The largest absolute Gasteiger partial charge is 0.478 e. The molecule has 2 rings (SSSR count). The fraction of sp³-hybridized carbons (Fsp3) is 0.316. The summed E-state index contributed by atoms with van der Waals surface area (Å²) in [4.78, 5) is 15.0. The molecule has 0 spiro atoms. The highest BCUT2D eigenvalue weighted by Gasteiger charge is 2.20. The number of aromatic carboxylic acids is 1. The molecule has 0 amide bonds. The zero-order valence-electron chi connectivity index (χ0n) is 16.0. The highest BCUT2D eigenvalue weighted by Crippen LogP contribution is 2.30. The van der Waals surface area contributed by atoms with Crippen molar-refractivity contribution in [1.82, 2.24) is 4.90 Å². The van der Waals surface area contributed by atoms with E-state index < -0.39 is 21.8 Å². The highest BCUT2D eigenvalue weighted by atomic mass is 32.2. The third-order valence-electron chi connectivity index (χ3n) is 4.13. The zero-order valence-corrected chi connectivity index (χ0v) is 16.8. The molecule has 9 heteroatoms. The average Bonchev–Trinajstić information content (AvgIpc) is 2.62. The standard InChI is InChI=1S/C19H24FN3O4S/c1-4-23(11-10-22(2)3)18-9-8-14(19(24)25)12-17(18)21-28(26,27)16-7-5-6-15(20)13-16/h5-9,12-13,21H,4,10-11H2,1-3H3,(H,24,25). The van der Waals surface area contributed by atoms with Gasteiger partial charge in [-0.15, -0.1) is 0 Å². The van der Waals surface area contributed by atoms with Gasteiger partial charge >= 0.3 is 5.97 Å². The molecular formula is C19H24FN3O4S. The Morgan fingerprint density at radius 2 is 1.86 bits per heavy atom. The van der Waals surface area contributed by atoms with Gasteiger partial charge in [0.1, 0.15) is 5.82 Å². The van der Waals surface area contributed by atoms with Gasteiger partial charge in [-0.25, -0.2) is 17.6 Å². The Bertz CT molecular complexity index is 948. The Morgan fingerprint density at radius 1 is 1.14 bits per heavy atom. The molecule has 0 unspecified atom stereocenters. The molecule has 0 heterocycles. The number of carbonyl (C=O) groups is 1. The first-order chi connectivity index (χ1) is 13.1. The van der Waals surface area contributed by atoms with Crippen LogP contribution in [-0.4, -0.2) is 58.1 Å². The van der Waals surface area contributed by atoms with Crippen LogP contribution in [0.4, 0.5) is 15.8 Å². The highest BCUT2D eigenvalue weighted by molar-refractivity contribution is 7.92. The number of halogens is 1. The smallest absolute Gasteiger partial charge is 0.335 e. The zero-order chi connectivity index (χ0) is 20.9. The number of likely N-dealkylation sites (N-methyl/N-ethyl adjacent to an activating group) is 2. The molecule has 0 radical (unpaired) electrons. The number of anilines is 2. The summed E-state index contributed by atoms with van der Waals surface area (Å²) in [5, 5.41) is 9.28. The van der Waals surface area contributed by atoms with Gasteiger partial charge in [-0.05, 0) is 57.4 Å². The number of carboxylic acid groups (broad SMARTS) is 1. The second-order valence-corrected chi connectivity index (χ2v) is 8.17. The lowest BCUT2D eigenvalue weighted by Gasteiger charge is -2.27. The van der Waals surface area contributed by atoms with Crippen LogP contribution in [0.15, 0.2) is 47.4 Å². The molecule has 0 atom stereocenters. The Kier molecular flexibility index (Phi) is 6.98. The van der Waals surface area contributed by atoms with E-state index >= 15 is 0 Å². The van der Waals surface area contributed by atoms with E-state index in [0.717, 1.165) is 18.7 Å². The lowest BCUT2D eigenvalue weighted by atomic mass is 10.1. The van der Waals surface area contributed by atoms with Crippen molar-refractivity contribution in [2.75, 3.05) is 43.4 Å². The first-order valence-electron chi connectivity index (χ1n) is 8.69. The monoisotopic (exact) mass is 409 g/mol. The van der Waals surface area contributed by atoms with Crippen molar-refractivity contribution in [1.29, 1.82) is 0 Å². The summed E-state index contributed by atoms with van der Waals surface area (Å²) in [7, 11) is -0.243. The maximum atomic E-state index is 13.5. The van der Waals surface area contributed by atoms with Crippen LogP contribution in [0.2, 0.25) is 0 Å². The van der Waals surface area contributed by atoms with Gasteiger partial charge in [0.15, 0.2) is 0 Å². The summed E-state index contributed by atoms with van der Waals surface area (Å²) in [6, 6.07) is 8.90. The van der Waals surface area contributed by atoms with Gasteiger partial charge in [0, 0.05) is 19.6 Å². The fourth-order valence-electron chi connectivity index (χ4n) is 2.63. The summed E-state index contributed by atoms with van der Waals surface area (Å²) < 4.78 is 41.3. The van der Waals surface area contributed by atoms with E-state index in [9.17, 15) is 22.7 Å². The van der Waals surface area contributed by atoms with E-state index in [2.05, 4.69) is 4.72 Å². The molecule has 28 heavy (non-hydrogen) atoms. The predicted octanol–water partition coefficient (Wildman–Crippen LogP) is 2.71. The van der Waals surface area contributed by atoms with Crippen LogP contribution >= 0.6 is 0 Å². The lowest BCUT2D eigenvalue weighted by molar-refractivity contribution is 0.0697. The molecule has 0 saturated carbocycles. The van der Waals surface area contributed by atoms with E-state index in [4.69, 9.17) is 0 Å². The predicted molar refractivity (Wildman–Crippen MR) is 107 cm³/mol. The van der Waals surface area contributed by atoms with Crippen LogP contribution in [0.25, 0.3) is 0 Å². The molecular weight excluding hydrogens is 385 g/mol. The minimum atomic E-state index is -4.09. The van der Waals surface area contributed by atoms with Crippen molar-refractivity contribution in [3.8, 4) is 0 Å². The molecule has 7 nitrogen and oxygen atoms in total. The minimum absolute atomic E-state index is 0.0515. The Balaban J connectivity index is 2.47. The van der Waals surface area contributed by atoms with Gasteiger partial charge in [-0.3, -0.25) is 4.72 Å². The molecule has 2 aromatic carbocycles. The molecule has 0 fully saturated rings. The van der Waals surface area contributed by atoms with Crippen molar-refractivity contribution in [3.63, 3.8) is 0 Å². The number of hydrogen-bond donors (Lipinski definition) is 2. The van der Waals surface area contributed by atoms with Crippen LogP contribution in [0.5, 0.6) is 0 Å². The van der Waals surface area contributed by atoms with E-state index in [0.29, 0.717) is 18.8 Å². The van der Waals surface area contributed by atoms with Crippen molar-refractivity contribution >= 4 is 27.4 Å². The van der Waals surface area contributed by atoms with Gasteiger partial charge in [0.2, 0.25) is 0 Å². The summed E-state index contributed by atoms with van der Waals surface area (Å²) in [5.74, 6) is -1.85. The number of benzene rings is 2. The molecule has 0 aliphatic carbocycles. The number of carboxylic acids is 1. The maximum absolute atomic E-state index is 13.5. The van der Waals surface area contributed by atoms with Gasteiger partial charge in [-0.2, -0.15) is 0 Å². The first kappa shape index (κ1) is 21.6. The second-order valence-electron chi connectivity index (χ2n) is 6.48. The Morgan fingerprint density at radius 3 is 2.43 bits per heavy atom. The van der Waals surface area contributed by atoms with E-state index in [1.807, 2.05) is 30.8 Å². The normalized spacial score (nSPS) is 11.5. The summed E-state index contributed by atoms with van der Waals surface area (Å²) >= 11 is 0. The van der Waals surface area contributed by atoms with Crippen LogP contribution < -0.4 is 9.62 Å². The quantitative estimate of drug-likeness (QED) is 0.662. The lowest BCUT2D eigenvalue weighted by Crippen LogP contribution is -2.32. The minimum Gasteiger partial charge on any atom is -0.478 e. The molecule has 2 N–H and O–H groups in total. The summed E-state index contributed by atoms with van der Waals surface area (Å²) in [5.41, 5.74) is 0.628. The van der Waals surface area contributed by atoms with Crippen LogP contribution in [0.1, 0.15) is 17.3 Å². The second kappa shape index (κ2) is 9.03. The van der Waals surface area contributed by atoms with Gasteiger partial charge in [0.25, 0.3) is 10.0 Å². The topological polar surface area (TPSA) is 89.9 Å². The SMILES string of the molecule is CCN(CCN(C)C)c1ccc(C(=O)O)cc1NS(=O)(=O)c1cccc(F)c1. The van der Waals surface area contributed by atoms with Crippen LogP contribution in [0.3, 0.4) is 0 Å². The number of nitrogens with zero attached hydrogens (tertiary/aromatic N) is 2. The van der Waals surface area contributed by atoms with Gasteiger partial charge < -0.3 is 14.9 Å². The third kappa shape index (κ3) is 5.43. The summed E-state index contributed by atoms with van der Waals surface area (Å²) in [6.45, 7) is 3.86. The number of nitrogens with one attached hydrogen (secondary N) is 1. The average molecular weight is 409 g/mol. The van der Waals surface area contributed by atoms with E-state index in [1.54, 1.807) is 6.07 Å². The van der Waals surface area contributed by atoms with Gasteiger partial charge in [0.05, 0.1) is 21.8 Å². The van der Waals surface area contributed by atoms with E-state index in [-0.39, 0.29) is 16.1 Å². The number of rotatable bonds is 9. The van der Waals surface area contributed by atoms with E-state index in [1.165, 1.54) is 24.3 Å². The molecule has 0 bridgehead atoms. The fourth-order valence-corrected chi connectivity index (χ4v) is 3.73. The van der Waals surface area contributed by atoms with Crippen molar-refractivity contribution in [3.05, 3.63) is 53.8 Å². The number of sulfonamides is 1.